The first kappa shape index (κ1) is 13.5. The number of carbonyl (C=O) groups is 1. The van der Waals surface area contributed by atoms with Crippen LogP contribution in [0.5, 0.6) is 0 Å². The summed E-state index contributed by atoms with van der Waals surface area (Å²) in [7, 11) is 0. The van der Waals surface area contributed by atoms with Gasteiger partial charge in [-0.1, -0.05) is 13.3 Å². The van der Waals surface area contributed by atoms with Gasteiger partial charge in [0.1, 0.15) is 0 Å². The highest BCUT2D eigenvalue weighted by Gasteiger charge is 2.16. The van der Waals surface area contributed by atoms with Crippen molar-refractivity contribution < 1.29 is 9.53 Å². The molecule has 4 nitrogen and oxygen atoms in total. The van der Waals surface area contributed by atoms with E-state index in [9.17, 15) is 4.79 Å². The Balaban J connectivity index is 2.01. The lowest BCUT2D eigenvalue weighted by atomic mass is 10.1. The van der Waals surface area contributed by atoms with Gasteiger partial charge >= 0.3 is 0 Å². The lowest BCUT2D eigenvalue weighted by Gasteiger charge is -2.12. The van der Waals surface area contributed by atoms with Crippen molar-refractivity contribution in [2.75, 3.05) is 13.2 Å². The number of hydrogen-bond donors (Lipinski definition) is 2. The van der Waals surface area contributed by atoms with E-state index in [-0.39, 0.29) is 11.9 Å². The molecule has 1 aliphatic heterocycles. The van der Waals surface area contributed by atoms with Crippen LogP contribution < -0.4 is 11.1 Å². The Kier molecular flexibility index (Phi) is 6.42. The summed E-state index contributed by atoms with van der Waals surface area (Å²) in [5.41, 5.74) is 5.81. The Bertz CT molecular complexity index is 203. The van der Waals surface area contributed by atoms with E-state index < -0.39 is 0 Å². The maximum absolute atomic E-state index is 11.5. The number of carbonyl (C=O) groups excluding carboxylic acids is 1. The number of amides is 1. The molecule has 0 radical (unpaired) electrons. The molecular weight excluding hydrogens is 204 g/mol. The van der Waals surface area contributed by atoms with E-state index >= 15 is 0 Å². The maximum atomic E-state index is 11.5. The monoisotopic (exact) mass is 228 g/mol. The Labute approximate surface area is 97.9 Å². The highest BCUT2D eigenvalue weighted by molar-refractivity contribution is 5.75. The van der Waals surface area contributed by atoms with Crippen LogP contribution in [-0.4, -0.2) is 31.2 Å². The number of ether oxygens (including phenoxy) is 1. The molecule has 94 valence electrons. The number of nitrogens with one attached hydrogen (secondary N) is 1. The summed E-state index contributed by atoms with van der Waals surface area (Å²) in [5.74, 6) is 0.0991. The molecule has 0 saturated carbocycles. The van der Waals surface area contributed by atoms with Crippen molar-refractivity contribution in [3.63, 3.8) is 0 Å². The van der Waals surface area contributed by atoms with Crippen molar-refractivity contribution in [1.82, 2.24) is 5.32 Å². The topological polar surface area (TPSA) is 64.3 Å². The molecule has 0 bridgehead atoms. The van der Waals surface area contributed by atoms with E-state index in [1.54, 1.807) is 0 Å². The van der Waals surface area contributed by atoms with Gasteiger partial charge in [0.2, 0.25) is 5.91 Å². The Hall–Kier alpha value is -0.610. The van der Waals surface area contributed by atoms with E-state index in [0.29, 0.717) is 19.1 Å². The summed E-state index contributed by atoms with van der Waals surface area (Å²) in [4.78, 5) is 11.5. The van der Waals surface area contributed by atoms with E-state index in [1.165, 1.54) is 0 Å². The zero-order valence-electron chi connectivity index (χ0n) is 10.2. The molecule has 4 heteroatoms. The van der Waals surface area contributed by atoms with Gasteiger partial charge in [-0.25, -0.2) is 0 Å². The molecule has 0 aromatic heterocycles. The summed E-state index contributed by atoms with van der Waals surface area (Å²) in [6.07, 6.45) is 5.96. The highest BCUT2D eigenvalue weighted by Crippen LogP contribution is 2.16. The molecule has 16 heavy (non-hydrogen) atoms. The molecule has 2 unspecified atom stereocenters. The van der Waals surface area contributed by atoms with E-state index in [1.807, 2.05) is 0 Å². The average Bonchev–Trinajstić information content (AvgIpc) is 2.77. The van der Waals surface area contributed by atoms with Crippen molar-refractivity contribution in [1.29, 1.82) is 0 Å². The van der Waals surface area contributed by atoms with Gasteiger partial charge in [0.05, 0.1) is 6.10 Å². The Morgan fingerprint density at radius 2 is 2.44 bits per heavy atom. The summed E-state index contributed by atoms with van der Waals surface area (Å²) in [6.45, 7) is 3.55. The van der Waals surface area contributed by atoms with Gasteiger partial charge in [0.15, 0.2) is 0 Å². The fourth-order valence-electron chi connectivity index (χ4n) is 1.97. The van der Waals surface area contributed by atoms with Gasteiger partial charge < -0.3 is 15.8 Å². The molecule has 2 atom stereocenters. The van der Waals surface area contributed by atoms with Crippen LogP contribution in [-0.2, 0) is 9.53 Å². The number of nitrogens with two attached hydrogens (primary N) is 1. The third kappa shape index (κ3) is 5.47. The van der Waals surface area contributed by atoms with Gasteiger partial charge in [-0.05, 0) is 25.7 Å². The first-order chi connectivity index (χ1) is 7.72. The van der Waals surface area contributed by atoms with Crippen LogP contribution in [0.2, 0.25) is 0 Å². The quantitative estimate of drug-likeness (QED) is 0.688. The third-order valence-electron chi connectivity index (χ3n) is 2.94. The van der Waals surface area contributed by atoms with Gasteiger partial charge in [-0.3, -0.25) is 4.79 Å². The SMILES string of the molecule is CCCC(N)CNC(=O)CCC1CCCO1. The first-order valence-corrected chi connectivity index (χ1v) is 6.36. The predicted octanol–water partition coefficient (Wildman–Crippen LogP) is 1.19. The van der Waals surface area contributed by atoms with Crippen molar-refractivity contribution in [3.05, 3.63) is 0 Å². The predicted molar refractivity (Wildman–Crippen MR) is 64.1 cm³/mol. The van der Waals surface area contributed by atoms with E-state index in [4.69, 9.17) is 10.5 Å². The number of rotatable bonds is 7. The summed E-state index contributed by atoms with van der Waals surface area (Å²) < 4.78 is 5.46. The molecule has 1 rings (SSSR count). The van der Waals surface area contributed by atoms with Crippen LogP contribution >= 0.6 is 0 Å². The minimum Gasteiger partial charge on any atom is -0.378 e. The third-order valence-corrected chi connectivity index (χ3v) is 2.94. The van der Waals surface area contributed by atoms with Crippen LogP contribution in [0.1, 0.15) is 45.4 Å². The second kappa shape index (κ2) is 7.63. The minimum atomic E-state index is 0.0941. The average molecular weight is 228 g/mol. The molecule has 0 aliphatic carbocycles. The van der Waals surface area contributed by atoms with Crippen molar-refractivity contribution in [2.24, 2.45) is 5.73 Å². The summed E-state index contributed by atoms with van der Waals surface area (Å²) >= 11 is 0. The summed E-state index contributed by atoms with van der Waals surface area (Å²) in [6, 6.07) is 0.0941. The van der Waals surface area contributed by atoms with Gasteiger partial charge in [0.25, 0.3) is 0 Å². The normalized spacial score (nSPS) is 22.0. The van der Waals surface area contributed by atoms with Gasteiger partial charge in [0, 0.05) is 25.6 Å². The van der Waals surface area contributed by atoms with Crippen LogP contribution in [0.3, 0.4) is 0 Å². The second-order valence-corrected chi connectivity index (χ2v) is 4.53. The lowest BCUT2D eigenvalue weighted by molar-refractivity contribution is -0.121. The Morgan fingerprint density at radius 1 is 1.62 bits per heavy atom. The largest absolute Gasteiger partial charge is 0.378 e. The molecule has 1 amide bonds. The molecule has 0 spiro atoms. The fourth-order valence-corrected chi connectivity index (χ4v) is 1.97. The molecule has 1 heterocycles. The zero-order valence-corrected chi connectivity index (χ0v) is 10.2. The first-order valence-electron chi connectivity index (χ1n) is 6.36. The molecule has 0 aromatic carbocycles. The minimum absolute atomic E-state index is 0.0941. The van der Waals surface area contributed by atoms with E-state index in [2.05, 4.69) is 12.2 Å². The Morgan fingerprint density at radius 3 is 3.06 bits per heavy atom. The number of hydrogen-bond acceptors (Lipinski definition) is 3. The smallest absolute Gasteiger partial charge is 0.220 e. The molecular formula is C12H24N2O2. The second-order valence-electron chi connectivity index (χ2n) is 4.53. The van der Waals surface area contributed by atoms with Crippen LogP contribution in [0.25, 0.3) is 0 Å². The zero-order chi connectivity index (χ0) is 11.8. The van der Waals surface area contributed by atoms with Crippen molar-refractivity contribution in [2.45, 2.75) is 57.6 Å². The standard InChI is InChI=1S/C12H24N2O2/c1-2-4-10(13)9-14-12(15)7-6-11-5-3-8-16-11/h10-11H,2-9,13H2,1H3,(H,14,15). The van der Waals surface area contributed by atoms with Crippen molar-refractivity contribution in [3.8, 4) is 0 Å². The molecule has 3 N–H and O–H groups in total. The van der Waals surface area contributed by atoms with E-state index in [0.717, 1.165) is 38.7 Å². The lowest BCUT2D eigenvalue weighted by Crippen LogP contribution is -2.37. The molecule has 1 saturated heterocycles. The summed E-state index contributed by atoms with van der Waals surface area (Å²) in [5, 5.41) is 2.87. The van der Waals surface area contributed by atoms with Crippen molar-refractivity contribution >= 4 is 5.91 Å². The molecule has 1 fully saturated rings. The van der Waals surface area contributed by atoms with Gasteiger partial charge in [-0.15, -0.1) is 0 Å². The van der Waals surface area contributed by atoms with Crippen LogP contribution in [0.4, 0.5) is 0 Å². The van der Waals surface area contributed by atoms with Gasteiger partial charge in [-0.2, -0.15) is 0 Å². The fraction of sp³-hybridized carbons (Fsp3) is 0.917. The molecule has 0 aromatic rings. The molecule has 1 aliphatic rings. The van der Waals surface area contributed by atoms with Crippen LogP contribution in [0, 0.1) is 0 Å². The van der Waals surface area contributed by atoms with Crippen LogP contribution in [0.15, 0.2) is 0 Å². The maximum Gasteiger partial charge on any atom is 0.220 e. The highest BCUT2D eigenvalue weighted by atomic mass is 16.5.